The lowest BCUT2D eigenvalue weighted by atomic mass is 10.1. The van der Waals surface area contributed by atoms with Gasteiger partial charge in [-0.05, 0) is 36.6 Å². The molecule has 0 heterocycles. The van der Waals surface area contributed by atoms with Crippen molar-refractivity contribution in [1.82, 2.24) is 0 Å². The van der Waals surface area contributed by atoms with Crippen molar-refractivity contribution in [3.8, 4) is 5.75 Å². The van der Waals surface area contributed by atoms with Crippen LogP contribution in [-0.2, 0) is 11.2 Å². The van der Waals surface area contributed by atoms with Crippen LogP contribution in [-0.4, -0.2) is 18.2 Å². The number of rotatable bonds is 5. The summed E-state index contributed by atoms with van der Waals surface area (Å²) in [7, 11) is 1.59. The number of ether oxygens (including phenoxy) is 1. The molecule has 15 heavy (non-hydrogen) atoms. The zero-order valence-electron chi connectivity index (χ0n) is 8.50. The Kier molecular flexibility index (Phi) is 4.43. The number of hydrogen-bond acceptors (Lipinski definition) is 2. The Balaban J connectivity index is 2.62. The van der Waals surface area contributed by atoms with Crippen LogP contribution in [0.3, 0.4) is 0 Å². The fourth-order valence-electron chi connectivity index (χ4n) is 1.30. The minimum Gasteiger partial charge on any atom is -0.497 e. The monoisotopic (exact) mass is 228 g/mol. The number of carboxylic acids is 1. The number of hydrogen-bond donors (Lipinski definition) is 1. The first-order valence-electron chi connectivity index (χ1n) is 4.67. The van der Waals surface area contributed by atoms with Crippen molar-refractivity contribution in [2.45, 2.75) is 19.3 Å². The molecule has 0 bridgehead atoms. The fraction of sp³-hybridized carbons (Fsp3) is 0.364. The van der Waals surface area contributed by atoms with Gasteiger partial charge in [-0.15, -0.1) is 0 Å². The van der Waals surface area contributed by atoms with E-state index in [1.54, 1.807) is 19.2 Å². The molecule has 0 aliphatic heterocycles. The van der Waals surface area contributed by atoms with Gasteiger partial charge in [0.25, 0.3) is 0 Å². The summed E-state index contributed by atoms with van der Waals surface area (Å²) in [6.45, 7) is 0. The summed E-state index contributed by atoms with van der Waals surface area (Å²) in [5.41, 5.74) is 0.928. The molecule has 0 aromatic heterocycles. The van der Waals surface area contributed by atoms with Gasteiger partial charge in [0, 0.05) is 11.4 Å². The molecule has 0 aliphatic carbocycles. The van der Waals surface area contributed by atoms with Gasteiger partial charge in [-0.25, -0.2) is 0 Å². The normalized spacial score (nSPS) is 10.0. The van der Waals surface area contributed by atoms with E-state index in [1.165, 1.54) is 0 Å². The minimum atomic E-state index is -0.783. The highest BCUT2D eigenvalue weighted by molar-refractivity contribution is 6.31. The van der Waals surface area contributed by atoms with Gasteiger partial charge in [0.1, 0.15) is 5.75 Å². The molecule has 0 unspecified atom stereocenters. The first-order chi connectivity index (χ1) is 7.13. The van der Waals surface area contributed by atoms with E-state index in [4.69, 9.17) is 21.4 Å². The minimum absolute atomic E-state index is 0.160. The van der Waals surface area contributed by atoms with Crippen LogP contribution < -0.4 is 4.74 Å². The van der Waals surface area contributed by atoms with Crippen LogP contribution in [0.15, 0.2) is 18.2 Å². The molecule has 1 rings (SSSR count). The zero-order chi connectivity index (χ0) is 11.3. The molecule has 4 heteroatoms. The number of aryl methyl sites for hydroxylation is 1. The third kappa shape index (κ3) is 3.80. The van der Waals surface area contributed by atoms with Gasteiger partial charge < -0.3 is 9.84 Å². The summed E-state index contributed by atoms with van der Waals surface area (Å²) in [4.78, 5) is 10.3. The second-order valence-corrected chi connectivity index (χ2v) is 3.61. The Morgan fingerprint density at radius 3 is 2.87 bits per heavy atom. The lowest BCUT2D eigenvalue weighted by Crippen LogP contribution is -1.96. The van der Waals surface area contributed by atoms with Gasteiger partial charge in [-0.2, -0.15) is 0 Å². The molecule has 1 N–H and O–H groups in total. The van der Waals surface area contributed by atoms with Gasteiger partial charge in [0.2, 0.25) is 0 Å². The maximum absolute atomic E-state index is 10.3. The Hall–Kier alpha value is -1.22. The Labute approximate surface area is 93.6 Å². The summed E-state index contributed by atoms with van der Waals surface area (Å²) in [5, 5.41) is 9.16. The maximum atomic E-state index is 10.3. The van der Waals surface area contributed by atoms with E-state index in [1.807, 2.05) is 6.07 Å². The van der Waals surface area contributed by atoms with Crippen molar-refractivity contribution >= 4 is 17.6 Å². The molecule has 82 valence electrons. The lowest BCUT2D eigenvalue weighted by molar-refractivity contribution is -0.137. The molecule has 0 aliphatic rings. The summed E-state index contributed by atoms with van der Waals surface area (Å²) >= 11 is 5.97. The largest absolute Gasteiger partial charge is 0.497 e. The number of carbonyl (C=O) groups is 1. The number of aliphatic carboxylic acids is 1. The number of methoxy groups -OCH3 is 1. The van der Waals surface area contributed by atoms with Crippen LogP contribution in [0.25, 0.3) is 0 Å². The molecule has 1 aromatic rings. The van der Waals surface area contributed by atoms with E-state index < -0.39 is 5.97 Å². The summed E-state index contributed by atoms with van der Waals surface area (Å²) < 4.78 is 5.06. The highest BCUT2D eigenvalue weighted by Gasteiger charge is 2.04. The van der Waals surface area contributed by atoms with Crippen LogP contribution >= 0.6 is 11.6 Å². The van der Waals surface area contributed by atoms with E-state index in [2.05, 4.69) is 0 Å². The van der Waals surface area contributed by atoms with Crippen LogP contribution in [0.1, 0.15) is 18.4 Å². The molecule has 1 aromatic carbocycles. The van der Waals surface area contributed by atoms with E-state index in [9.17, 15) is 4.79 Å². The quantitative estimate of drug-likeness (QED) is 0.843. The zero-order valence-corrected chi connectivity index (χ0v) is 9.25. The lowest BCUT2D eigenvalue weighted by Gasteiger charge is -2.06. The molecule has 0 atom stereocenters. The van der Waals surface area contributed by atoms with Crippen LogP contribution in [0, 0.1) is 0 Å². The number of benzene rings is 1. The average Bonchev–Trinajstić information content (AvgIpc) is 2.20. The standard InChI is InChI=1S/C11H13ClO3/c1-15-9-5-6-10(12)8(7-9)3-2-4-11(13)14/h5-7H,2-4H2,1H3,(H,13,14). The number of halogens is 1. The van der Waals surface area contributed by atoms with Crippen molar-refractivity contribution in [3.63, 3.8) is 0 Å². The van der Waals surface area contributed by atoms with Crippen LogP contribution in [0.2, 0.25) is 5.02 Å². The van der Waals surface area contributed by atoms with E-state index in [0.717, 1.165) is 11.3 Å². The summed E-state index contributed by atoms with van der Waals surface area (Å²) in [5.74, 6) is -0.0428. The molecule has 0 radical (unpaired) electrons. The molecular formula is C11H13ClO3. The Bertz CT molecular complexity index is 350. The smallest absolute Gasteiger partial charge is 0.303 e. The second-order valence-electron chi connectivity index (χ2n) is 3.20. The van der Waals surface area contributed by atoms with Crippen LogP contribution in [0.5, 0.6) is 5.75 Å². The van der Waals surface area contributed by atoms with Crippen molar-refractivity contribution in [1.29, 1.82) is 0 Å². The van der Waals surface area contributed by atoms with Crippen molar-refractivity contribution in [2.24, 2.45) is 0 Å². The predicted octanol–water partition coefficient (Wildman–Crippen LogP) is 2.76. The van der Waals surface area contributed by atoms with Crippen molar-refractivity contribution in [2.75, 3.05) is 7.11 Å². The van der Waals surface area contributed by atoms with E-state index in [-0.39, 0.29) is 6.42 Å². The van der Waals surface area contributed by atoms with E-state index >= 15 is 0 Å². The highest BCUT2D eigenvalue weighted by Crippen LogP contribution is 2.23. The van der Waals surface area contributed by atoms with Crippen molar-refractivity contribution in [3.05, 3.63) is 28.8 Å². The van der Waals surface area contributed by atoms with Gasteiger partial charge in [-0.1, -0.05) is 11.6 Å². The number of carboxylic acid groups (broad SMARTS) is 1. The molecule has 0 spiro atoms. The third-order valence-electron chi connectivity index (χ3n) is 2.09. The van der Waals surface area contributed by atoms with Crippen molar-refractivity contribution < 1.29 is 14.6 Å². The molecule has 0 amide bonds. The molecule has 3 nitrogen and oxygen atoms in total. The first-order valence-corrected chi connectivity index (χ1v) is 5.05. The van der Waals surface area contributed by atoms with Gasteiger partial charge in [0.05, 0.1) is 7.11 Å². The summed E-state index contributed by atoms with van der Waals surface area (Å²) in [6.07, 6.45) is 1.40. The fourth-order valence-corrected chi connectivity index (χ4v) is 1.51. The summed E-state index contributed by atoms with van der Waals surface area (Å²) in [6, 6.07) is 5.38. The third-order valence-corrected chi connectivity index (χ3v) is 2.46. The van der Waals surface area contributed by atoms with Gasteiger partial charge >= 0.3 is 5.97 Å². The van der Waals surface area contributed by atoms with Gasteiger partial charge in [0.15, 0.2) is 0 Å². The highest BCUT2D eigenvalue weighted by atomic mass is 35.5. The van der Waals surface area contributed by atoms with Gasteiger partial charge in [-0.3, -0.25) is 4.79 Å². The topological polar surface area (TPSA) is 46.5 Å². The Morgan fingerprint density at radius 2 is 2.27 bits per heavy atom. The first kappa shape index (κ1) is 11.9. The van der Waals surface area contributed by atoms with Crippen LogP contribution in [0.4, 0.5) is 0 Å². The van der Waals surface area contributed by atoms with E-state index in [0.29, 0.717) is 17.9 Å². The molecule has 0 fully saturated rings. The average molecular weight is 229 g/mol. The second kappa shape index (κ2) is 5.61. The SMILES string of the molecule is COc1ccc(Cl)c(CCCC(=O)O)c1. The molecule has 0 saturated carbocycles. The predicted molar refractivity (Wildman–Crippen MR) is 58.6 cm³/mol. The maximum Gasteiger partial charge on any atom is 0.303 e. The Morgan fingerprint density at radius 1 is 1.53 bits per heavy atom. The molecule has 0 saturated heterocycles. The molecular weight excluding hydrogens is 216 g/mol.